The Morgan fingerprint density at radius 1 is 1.10 bits per heavy atom. The number of carboxylic acid groups (broad SMARTS) is 1. The first-order valence-electron chi connectivity index (χ1n) is 8.09. The number of rotatable bonds is 8. The number of aliphatic hydroxyl groups is 3. The molecule has 31 heavy (non-hydrogen) atoms. The lowest BCUT2D eigenvalue weighted by Gasteiger charge is -2.43. The van der Waals surface area contributed by atoms with Crippen LogP contribution >= 0.6 is 0 Å². The van der Waals surface area contributed by atoms with E-state index in [0.29, 0.717) is 6.08 Å². The number of hydrogen-bond donors (Lipinski definition) is 7. The number of aliphatic hydroxyl groups excluding tert-OH is 3. The van der Waals surface area contributed by atoms with Crippen LogP contribution in [0.1, 0.15) is 0 Å². The van der Waals surface area contributed by atoms with Gasteiger partial charge in [-0.15, -0.1) is 0 Å². The summed E-state index contributed by atoms with van der Waals surface area (Å²) in [5, 5.41) is 39.0. The van der Waals surface area contributed by atoms with Crippen LogP contribution in [0.15, 0.2) is 11.8 Å². The van der Waals surface area contributed by atoms with Gasteiger partial charge in [-0.05, 0) is 6.08 Å². The van der Waals surface area contributed by atoms with Crippen LogP contribution in [0.4, 0.5) is 0 Å². The fourth-order valence-corrected chi connectivity index (χ4v) is 3.47. The molecule has 0 amide bonds. The van der Waals surface area contributed by atoms with Gasteiger partial charge in [0.1, 0.15) is 24.4 Å². The van der Waals surface area contributed by atoms with Crippen molar-refractivity contribution in [2.24, 2.45) is 5.73 Å². The van der Waals surface area contributed by atoms with Crippen molar-refractivity contribution in [3.05, 3.63) is 11.8 Å². The molecule has 1 saturated heterocycles. The zero-order valence-electron chi connectivity index (χ0n) is 15.1. The van der Waals surface area contributed by atoms with Gasteiger partial charge in [-0.25, -0.2) is 13.2 Å². The molecule has 2 aliphatic rings. The van der Waals surface area contributed by atoms with Crippen molar-refractivity contribution in [2.45, 2.75) is 49.1 Å². The second kappa shape index (κ2) is 9.56. The molecule has 0 aliphatic carbocycles. The smallest absolute Gasteiger partial charge is 0.397 e. The van der Waals surface area contributed by atoms with Crippen LogP contribution in [0, 0.1) is 0 Å². The molecule has 8 N–H and O–H groups in total. The van der Waals surface area contributed by atoms with E-state index >= 15 is 0 Å². The van der Waals surface area contributed by atoms with Crippen LogP contribution in [-0.2, 0) is 48.2 Å². The number of carboxylic acids is 1. The second-order valence-electron chi connectivity index (χ2n) is 6.25. The standard InChI is InChI=1S/C12H19NO16S2/c13-6-7(15)9(5(26-11(6)18)2-25-30(19,20)21)28-12-8(29-31(22,23)24)3(14)1-4(27-12)10(16)17/h1,3,5-9,11-12,14-15,18H,2,13H2,(H,16,17)(H,19,20,21)(H,22,23,24)/t3-,5+,6+,7+,8+,9+,11-,12-/m0/s1. The minimum atomic E-state index is -5.24. The van der Waals surface area contributed by atoms with Crippen molar-refractivity contribution in [3.63, 3.8) is 0 Å². The van der Waals surface area contributed by atoms with Gasteiger partial charge in [0, 0.05) is 0 Å². The third-order valence-corrected chi connectivity index (χ3v) is 4.93. The van der Waals surface area contributed by atoms with E-state index in [-0.39, 0.29) is 0 Å². The number of nitrogens with two attached hydrogens (primary N) is 1. The average molecular weight is 497 g/mol. The zero-order chi connectivity index (χ0) is 23.7. The summed E-state index contributed by atoms with van der Waals surface area (Å²) >= 11 is 0. The Bertz CT molecular complexity index is 902. The highest BCUT2D eigenvalue weighted by atomic mass is 32.3. The predicted molar refractivity (Wildman–Crippen MR) is 90.3 cm³/mol. The molecule has 8 atom stereocenters. The first-order valence-corrected chi connectivity index (χ1v) is 10.8. The van der Waals surface area contributed by atoms with Gasteiger partial charge < -0.3 is 40.4 Å². The normalized spacial score (nSPS) is 37.0. The third-order valence-electron chi connectivity index (χ3n) is 4.03. The molecular weight excluding hydrogens is 478 g/mol. The number of carbonyl (C=O) groups is 1. The Balaban J connectivity index is 2.34. The van der Waals surface area contributed by atoms with Crippen molar-refractivity contribution >= 4 is 26.8 Å². The first-order chi connectivity index (χ1) is 14.1. The molecule has 17 nitrogen and oxygen atoms in total. The molecule has 0 aromatic heterocycles. The summed E-state index contributed by atoms with van der Waals surface area (Å²) in [5.74, 6) is -2.66. The molecule has 0 spiro atoms. The molecule has 0 unspecified atom stereocenters. The van der Waals surface area contributed by atoms with Crippen LogP contribution in [0.2, 0.25) is 0 Å². The maximum absolute atomic E-state index is 11.2. The minimum Gasteiger partial charge on any atom is -0.475 e. The highest BCUT2D eigenvalue weighted by Gasteiger charge is 2.49. The average Bonchev–Trinajstić information content (AvgIpc) is 2.61. The van der Waals surface area contributed by atoms with Gasteiger partial charge in [-0.2, -0.15) is 16.8 Å². The predicted octanol–water partition coefficient (Wildman–Crippen LogP) is -4.53. The lowest BCUT2D eigenvalue weighted by Crippen LogP contribution is -2.64. The molecule has 0 bridgehead atoms. The summed E-state index contributed by atoms with van der Waals surface area (Å²) in [4.78, 5) is 11.2. The fourth-order valence-electron chi connectivity index (χ4n) is 2.68. The van der Waals surface area contributed by atoms with Crippen molar-refractivity contribution < 1.29 is 73.7 Å². The summed E-state index contributed by atoms with van der Waals surface area (Å²) in [6, 6.07) is -1.57. The van der Waals surface area contributed by atoms with Crippen LogP contribution < -0.4 is 5.73 Å². The van der Waals surface area contributed by atoms with E-state index in [4.69, 9.17) is 34.2 Å². The molecule has 0 radical (unpaired) electrons. The highest BCUT2D eigenvalue weighted by molar-refractivity contribution is 7.81. The van der Waals surface area contributed by atoms with E-state index in [1.807, 2.05) is 0 Å². The van der Waals surface area contributed by atoms with Crippen molar-refractivity contribution in [1.29, 1.82) is 0 Å². The Labute approximate surface area is 174 Å². The van der Waals surface area contributed by atoms with E-state index in [0.717, 1.165) is 0 Å². The van der Waals surface area contributed by atoms with Gasteiger partial charge in [0.2, 0.25) is 12.0 Å². The Hall–Kier alpha value is -1.49. The molecule has 0 aromatic rings. The van der Waals surface area contributed by atoms with Gasteiger partial charge in [0.15, 0.2) is 12.4 Å². The molecule has 2 rings (SSSR count). The first kappa shape index (κ1) is 25.8. The van der Waals surface area contributed by atoms with Gasteiger partial charge in [-0.3, -0.25) is 9.11 Å². The van der Waals surface area contributed by atoms with Crippen LogP contribution in [0.5, 0.6) is 0 Å². The Kier molecular flexibility index (Phi) is 7.95. The third kappa shape index (κ3) is 7.00. The number of hydrogen-bond acceptors (Lipinski definition) is 14. The van der Waals surface area contributed by atoms with Gasteiger partial charge >= 0.3 is 26.8 Å². The van der Waals surface area contributed by atoms with Crippen LogP contribution in [-0.4, -0.2) is 108 Å². The second-order valence-corrected chi connectivity index (χ2v) is 8.39. The Morgan fingerprint density at radius 2 is 1.71 bits per heavy atom. The van der Waals surface area contributed by atoms with Crippen LogP contribution in [0.3, 0.4) is 0 Å². The van der Waals surface area contributed by atoms with E-state index in [9.17, 15) is 36.9 Å². The molecule has 1 fully saturated rings. The number of ether oxygens (including phenoxy) is 3. The molecule has 2 aliphatic heterocycles. The largest absolute Gasteiger partial charge is 0.475 e. The molecule has 19 heteroatoms. The van der Waals surface area contributed by atoms with E-state index < -0.39 is 88.3 Å². The monoisotopic (exact) mass is 497 g/mol. The van der Waals surface area contributed by atoms with Crippen molar-refractivity contribution in [3.8, 4) is 0 Å². The lowest BCUT2D eigenvalue weighted by molar-refractivity contribution is -0.301. The number of aliphatic carboxylic acids is 1. The van der Waals surface area contributed by atoms with Crippen LogP contribution in [0.25, 0.3) is 0 Å². The summed E-state index contributed by atoms with van der Waals surface area (Å²) in [6.07, 6.45) is -13.1. The van der Waals surface area contributed by atoms with Gasteiger partial charge in [0.05, 0.1) is 12.6 Å². The van der Waals surface area contributed by atoms with Crippen molar-refractivity contribution in [2.75, 3.05) is 6.61 Å². The summed E-state index contributed by atoms with van der Waals surface area (Å²) in [5.41, 5.74) is 5.52. The molecule has 180 valence electrons. The van der Waals surface area contributed by atoms with E-state index in [1.54, 1.807) is 0 Å². The molecule has 2 heterocycles. The maximum Gasteiger partial charge on any atom is 0.397 e. The quantitative estimate of drug-likeness (QED) is 0.155. The SMILES string of the molecule is N[C@@H]1[C@@H](O)[C@H](O[C@@H]2OC(C(=O)O)=C[C@H](O)[C@H]2OS(=O)(=O)O)[C@@H](COS(=O)(=O)O)O[C@@H]1O. The summed E-state index contributed by atoms with van der Waals surface area (Å²) in [7, 11) is -10.3. The fraction of sp³-hybridized carbons (Fsp3) is 0.750. The highest BCUT2D eigenvalue weighted by Crippen LogP contribution is 2.29. The van der Waals surface area contributed by atoms with Gasteiger partial charge in [0.25, 0.3) is 0 Å². The summed E-state index contributed by atoms with van der Waals surface area (Å²) < 4.78 is 84.7. The van der Waals surface area contributed by atoms with E-state index in [2.05, 4.69) is 8.37 Å². The topological polar surface area (TPSA) is 279 Å². The minimum absolute atomic E-state index is 0.528. The van der Waals surface area contributed by atoms with E-state index in [1.165, 1.54) is 0 Å². The zero-order valence-corrected chi connectivity index (χ0v) is 16.7. The van der Waals surface area contributed by atoms with Crippen molar-refractivity contribution in [1.82, 2.24) is 0 Å². The molecule has 0 aromatic carbocycles. The van der Waals surface area contributed by atoms with Gasteiger partial charge in [-0.1, -0.05) is 0 Å². The summed E-state index contributed by atoms with van der Waals surface area (Å²) in [6.45, 7) is -1.06. The lowest BCUT2D eigenvalue weighted by atomic mass is 9.97. The molecular formula is C12H19NO16S2. The maximum atomic E-state index is 11.2. The Morgan fingerprint density at radius 3 is 2.23 bits per heavy atom. The molecule has 0 saturated carbocycles.